The minimum Gasteiger partial charge on any atom is -0.399 e. The topological polar surface area (TPSA) is 86.2 Å². The van der Waals surface area contributed by atoms with E-state index in [0.717, 1.165) is 12.1 Å². The minimum atomic E-state index is -1.42. The van der Waals surface area contributed by atoms with Gasteiger partial charge >= 0.3 is 0 Å². The molecule has 0 saturated heterocycles. The maximum atomic E-state index is 13.3. The van der Waals surface area contributed by atoms with Gasteiger partial charge in [-0.15, -0.1) is 0 Å². The van der Waals surface area contributed by atoms with E-state index in [-0.39, 0.29) is 11.4 Å². The van der Waals surface area contributed by atoms with E-state index in [1.165, 1.54) is 6.07 Å². The Kier molecular flexibility index (Phi) is 4.09. The normalized spacial score (nSPS) is 12.1. The van der Waals surface area contributed by atoms with Crippen molar-refractivity contribution in [3.8, 4) is 0 Å². The van der Waals surface area contributed by atoms with E-state index in [1.807, 2.05) is 0 Å². The second-order valence-electron chi connectivity index (χ2n) is 4.13. The number of nitrogen functional groups attached to an aromatic ring is 1. The summed E-state index contributed by atoms with van der Waals surface area (Å²) >= 11 is 0. The summed E-state index contributed by atoms with van der Waals surface area (Å²) in [5.41, 5.74) is 6.04. The molecular formula is C13H11FN2O3S. The molecule has 0 aromatic heterocycles. The molecule has 2 aromatic carbocycles. The first kappa shape index (κ1) is 14.1. The number of non-ortho nitro benzene ring substituents is 1. The zero-order valence-corrected chi connectivity index (χ0v) is 11.1. The summed E-state index contributed by atoms with van der Waals surface area (Å²) in [6, 6.07) is 9.64. The fourth-order valence-corrected chi connectivity index (χ4v) is 2.75. The average molecular weight is 294 g/mol. The highest BCUT2D eigenvalue weighted by Crippen LogP contribution is 2.20. The molecule has 5 nitrogen and oxygen atoms in total. The van der Waals surface area contributed by atoms with E-state index in [0.29, 0.717) is 16.1 Å². The molecule has 0 aliphatic carbocycles. The zero-order valence-electron chi connectivity index (χ0n) is 10.3. The van der Waals surface area contributed by atoms with E-state index in [9.17, 15) is 18.7 Å². The third kappa shape index (κ3) is 3.39. The summed E-state index contributed by atoms with van der Waals surface area (Å²) in [4.78, 5) is 10.5. The number of rotatable bonds is 4. The van der Waals surface area contributed by atoms with Crippen molar-refractivity contribution in [2.24, 2.45) is 0 Å². The Bertz CT molecular complexity index is 674. The smallest absolute Gasteiger partial charge is 0.272 e. The Morgan fingerprint density at radius 1 is 1.20 bits per heavy atom. The molecule has 0 aliphatic rings. The number of anilines is 1. The van der Waals surface area contributed by atoms with Gasteiger partial charge in [-0.3, -0.25) is 14.3 Å². The van der Waals surface area contributed by atoms with Gasteiger partial charge in [-0.2, -0.15) is 0 Å². The highest BCUT2D eigenvalue weighted by molar-refractivity contribution is 7.84. The molecule has 0 spiro atoms. The Balaban J connectivity index is 2.23. The summed E-state index contributed by atoms with van der Waals surface area (Å²) in [6.07, 6.45) is 0. The van der Waals surface area contributed by atoms with Crippen molar-refractivity contribution in [2.75, 3.05) is 5.73 Å². The van der Waals surface area contributed by atoms with Crippen LogP contribution in [0, 0.1) is 15.9 Å². The van der Waals surface area contributed by atoms with Gasteiger partial charge in [0.1, 0.15) is 5.82 Å². The van der Waals surface area contributed by atoms with Crippen LogP contribution in [0.25, 0.3) is 0 Å². The standard InChI is InChI=1S/C13H11FN2O3S/c14-10-5-9(6-12(7-10)16(17)18)8-20(19)13-3-1-11(15)2-4-13/h1-7H,8,15H2. The van der Waals surface area contributed by atoms with Gasteiger partial charge in [-0.05, 0) is 35.9 Å². The number of hydrogen-bond acceptors (Lipinski definition) is 4. The van der Waals surface area contributed by atoms with Gasteiger partial charge in [-0.1, -0.05) is 0 Å². The molecule has 2 rings (SSSR count). The maximum Gasteiger partial charge on any atom is 0.272 e. The van der Waals surface area contributed by atoms with Gasteiger partial charge in [0, 0.05) is 16.6 Å². The fourth-order valence-electron chi connectivity index (χ4n) is 1.68. The lowest BCUT2D eigenvalue weighted by atomic mass is 10.2. The molecule has 20 heavy (non-hydrogen) atoms. The molecule has 0 saturated carbocycles. The first-order valence-corrected chi connectivity index (χ1v) is 6.95. The van der Waals surface area contributed by atoms with E-state index in [4.69, 9.17) is 5.73 Å². The van der Waals surface area contributed by atoms with Crippen molar-refractivity contribution in [3.63, 3.8) is 0 Å². The van der Waals surface area contributed by atoms with Crippen molar-refractivity contribution in [1.82, 2.24) is 0 Å². The number of nitro groups is 1. The molecule has 1 unspecified atom stereocenters. The van der Waals surface area contributed by atoms with Gasteiger partial charge in [0.05, 0.1) is 27.5 Å². The van der Waals surface area contributed by atoms with Crippen molar-refractivity contribution in [2.45, 2.75) is 10.6 Å². The van der Waals surface area contributed by atoms with Gasteiger partial charge < -0.3 is 5.73 Å². The predicted molar refractivity (Wildman–Crippen MR) is 74.0 cm³/mol. The van der Waals surface area contributed by atoms with Gasteiger partial charge in [0.2, 0.25) is 0 Å². The van der Waals surface area contributed by atoms with Crippen molar-refractivity contribution < 1.29 is 13.5 Å². The number of nitrogens with two attached hydrogens (primary N) is 1. The van der Waals surface area contributed by atoms with Crippen LogP contribution in [-0.4, -0.2) is 9.13 Å². The highest BCUT2D eigenvalue weighted by Gasteiger charge is 2.12. The largest absolute Gasteiger partial charge is 0.399 e. The molecule has 0 heterocycles. The Hall–Kier alpha value is -2.28. The summed E-state index contributed by atoms with van der Waals surface area (Å²) in [5.74, 6) is -0.716. The molecule has 0 fully saturated rings. The number of nitrogens with zero attached hydrogens (tertiary/aromatic N) is 1. The lowest BCUT2D eigenvalue weighted by Gasteiger charge is -2.04. The lowest BCUT2D eigenvalue weighted by Crippen LogP contribution is -1.99. The lowest BCUT2D eigenvalue weighted by molar-refractivity contribution is -0.385. The SMILES string of the molecule is Nc1ccc(S(=O)Cc2cc(F)cc([N+](=O)[O-])c2)cc1. The van der Waals surface area contributed by atoms with E-state index >= 15 is 0 Å². The van der Waals surface area contributed by atoms with Crippen LogP contribution < -0.4 is 5.73 Å². The molecule has 2 aromatic rings. The zero-order chi connectivity index (χ0) is 14.7. The maximum absolute atomic E-state index is 13.3. The third-order valence-electron chi connectivity index (χ3n) is 2.59. The van der Waals surface area contributed by atoms with Crippen LogP contribution in [0.3, 0.4) is 0 Å². The van der Waals surface area contributed by atoms with Crippen LogP contribution in [0.2, 0.25) is 0 Å². The monoisotopic (exact) mass is 294 g/mol. The Morgan fingerprint density at radius 3 is 2.45 bits per heavy atom. The molecule has 0 radical (unpaired) electrons. The number of benzene rings is 2. The predicted octanol–water partition coefficient (Wildman–Crippen LogP) is 2.62. The van der Waals surface area contributed by atoms with Crippen LogP contribution in [0.5, 0.6) is 0 Å². The fraction of sp³-hybridized carbons (Fsp3) is 0.0769. The van der Waals surface area contributed by atoms with Crippen LogP contribution in [0.4, 0.5) is 15.8 Å². The Morgan fingerprint density at radius 2 is 1.85 bits per heavy atom. The third-order valence-corrected chi connectivity index (χ3v) is 3.99. The molecule has 0 aliphatic heterocycles. The number of nitro benzene ring substituents is 1. The first-order valence-electron chi connectivity index (χ1n) is 5.63. The van der Waals surface area contributed by atoms with Crippen molar-refractivity contribution >= 4 is 22.2 Å². The van der Waals surface area contributed by atoms with Crippen LogP contribution in [0.15, 0.2) is 47.4 Å². The molecule has 2 N–H and O–H groups in total. The summed E-state index contributed by atoms with van der Waals surface area (Å²) in [7, 11) is -1.42. The Labute approximate surface area is 116 Å². The van der Waals surface area contributed by atoms with Crippen molar-refractivity contribution in [3.05, 3.63) is 64.0 Å². The molecule has 0 bridgehead atoms. The summed E-state index contributed by atoms with van der Waals surface area (Å²) in [5, 5.41) is 10.6. The second-order valence-corrected chi connectivity index (χ2v) is 5.58. The van der Waals surface area contributed by atoms with Gasteiger partial charge in [0.15, 0.2) is 0 Å². The van der Waals surface area contributed by atoms with Crippen LogP contribution in [0.1, 0.15) is 5.56 Å². The van der Waals surface area contributed by atoms with Gasteiger partial charge in [0.25, 0.3) is 5.69 Å². The summed E-state index contributed by atoms with van der Waals surface area (Å²) in [6.45, 7) is 0. The highest BCUT2D eigenvalue weighted by atomic mass is 32.2. The molecular weight excluding hydrogens is 283 g/mol. The number of hydrogen-bond donors (Lipinski definition) is 1. The quantitative estimate of drug-likeness (QED) is 0.533. The van der Waals surface area contributed by atoms with E-state index in [2.05, 4.69) is 0 Å². The van der Waals surface area contributed by atoms with Crippen molar-refractivity contribution in [1.29, 1.82) is 0 Å². The number of halogens is 1. The van der Waals surface area contributed by atoms with Crippen LogP contribution in [-0.2, 0) is 16.6 Å². The van der Waals surface area contributed by atoms with Crippen LogP contribution >= 0.6 is 0 Å². The molecule has 0 amide bonds. The van der Waals surface area contributed by atoms with E-state index in [1.54, 1.807) is 24.3 Å². The average Bonchev–Trinajstić information content (AvgIpc) is 2.38. The molecule has 104 valence electrons. The van der Waals surface area contributed by atoms with E-state index < -0.39 is 21.5 Å². The minimum absolute atomic E-state index is 0.00250. The first-order chi connectivity index (χ1) is 9.45. The molecule has 7 heteroatoms. The summed E-state index contributed by atoms with van der Waals surface area (Å²) < 4.78 is 25.4. The van der Waals surface area contributed by atoms with Gasteiger partial charge in [-0.25, -0.2) is 4.39 Å². The second kappa shape index (κ2) is 5.79. The molecule has 1 atom stereocenters.